The molecule has 3 rings (SSSR count). The van der Waals surface area contributed by atoms with Crippen molar-refractivity contribution in [1.29, 1.82) is 0 Å². The predicted octanol–water partition coefficient (Wildman–Crippen LogP) is 5.41. The molecule has 0 atom stereocenters. The highest BCUT2D eigenvalue weighted by Crippen LogP contribution is 2.18. The molecule has 30 heavy (non-hydrogen) atoms. The minimum Gasteiger partial charge on any atom is -0.486 e. The molecule has 0 aliphatic carbocycles. The number of rotatable bonds is 12. The van der Waals surface area contributed by atoms with E-state index in [0.717, 1.165) is 60.1 Å². The van der Waals surface area contributed by atoms with Crippen molar-refractivity contribution in [2.24, 2.45) is 0 Å². The summed E-state index contributed by atoms with van der Waals surface area (Å²) < 4.78 is 17.4. The van der Waals surface area contributed by atoms with Gasteiger partial charge in [0.1, 0.15) is 12.4 Å². The zero-order chi connectivity index (χ0) is 21.2. The van der Waals surface area contributed by atoms with Crippen LogP contribution in [0.3, 0.4) is 0 Å². The Bertz CT molecular complexity index is 816. The molecule has 1 aliphatic rings. The Kier molecular flexibility index (Phi) is 9.84. The fourth-order valence-electron chi connectivity index (χ4n) is 3.57. The van der Waals surface area contributed by atoms with Crippen LogP contribution in [0.25, 0.3) is 0 Å². The summed E-state index contributed by atoms with van der Waals surface area (Å²) in [6.45, 7) is 7.63. The van der Waals surface area contributed by atoms with E-state index in [4.69, 9.17) is 26.8 Å². The molecule has 0 bridgehead atoms. The third-order valence-electron chi connectivity index (χ3n) is 5.35. The lowest BCUT2D eigenvalue weighted by atomic mass is 10.1. The largest absolute Gasteiger partial charge is 0.486 e. The van der Waals surface area contributed by atoms with Crippen molar-refractivity contribution in [2.75, 3.05) is 26.3 Å². The molecule has 6 nitrogen and oxygen atoms in total. The SMILES string of the molecule is CCCCCCCCn1c(COc2ccc(Br)cc2)nn(CN2CCOCC2)c1=S. The molecular formula is C22H33BrN4O2S. The van der Waals surface area contributed by atoms with Crippen molar-refractivity contribution in [2.45, 2.75) is 65.3 Å². The van der Waals surface area contributed by atoms with Crippen molar-refractivity contribution >= 4 is 28.1 Å². The first kappa shape index (κ1) is 23.4. The van der Waals surface area contributed by atoms with Crippen molar-refractivity contribution in [3.63, 3.8) is 0 Å². The molecule has 0 saturated carbocycles. The Morgan fingerprint density at radius 1 is 1.07 bits per heavy atom. The zero-order valence-corrected chi connectivity index (χ0v) is 20.3. The van der Waals surface area contributed by atoms with Crippen LogP contribution < -0.4 is 4.74 Å². The Morgan fingerprint density at radius 2 is 1.77 bits per heavy atom. The summed E-state index contributed by atoms with van der Waals surface area (Å²) >= 11 is 9.25. The number of halogens is 1. The maximum absolute atomic E-state index is 6.01. The van der Waals surface area contributed by atoms with Crippen LogP contribution in [0.2, 0.25) is 0 Å². The van der Waals surface area contributed by atoms with E-state index >= 15 is 0 Å². The molecule has 0 amide bonds. The molecular weight excluding hydrogens is 464 g/mol. The average Bonchev–Trinajstić information content (AvgIpc) is 3.05. The number of ether oxygens (including phenoxy) is 2. The number of hydrogen-bond donors (Lipinski definition) is 0. The van der Waals surface area contributed by atoms with Crippen LogP contribution in [0.5, 0.6) is 5.75 Å². The van der Waals surface area contributed by atoms with Crippen LogP contribution in [0.4, 0.5) is 0 Å². The summed E-state index contributed by atoms with van der Waals surface area (Å²) in [7, 11) is 0. The summed E-state index contributed by atoms with van der Waals surface area (Å²) in [5, 5.41) is 4.82. The van der Waals surface area contributed by atoms with Gasteiger partial charge in [-0.05, 0) is 42.9 Å². The summed E-state index contributed by atoms with van der Waals surface area (Å²) in [6.07, 6.45) is 7.54. The van der Waals surface area contributed by atoms with Gasteiger partial charge in [0.05, 0.1) is 19.9 Å². The van der Waals surface area contributed by atoms with Gasteiger partial charge in [0.25, 0.3) is 0 Å². The van der Waals surface area contributed by atoms with Gasteiger partial charge in [-0.15, -0.1) is 0 Å². The first-order valence-electron chi connectivity index (χ1n) is 11.0. The van der Waals surface area contributed by atoms with E-state index in [0.29, 0.717) is 13.3 Å². The third-order valence-corrected chi connectivity index (χ3v) is 6.31. The van der Waals surface area contributed by atoms with Crippen LogP contribution in [-0.4, -0.2) is 45.6 Å². The van der Waals surface area contributed by atoms with Gasteiger partial charge in [-0.3, -0.25) is 4.90 Å². The number of hydrogen-bond acceptors (Lipinski definition) is 5. The van der Waals surface area contributed by atoms with Crippen LogP contribution >= 0.6 is 28.1 Å². The minimum absolute atomic E-state index is 0.414. The third kappa shape index (κ3) is 7.18. The molecule has 166 valence electrons. The maximum atomic E-state index is 6.01. The number of benzene rings is 1. The van der Waals surface area contributed by atoms with E-state index in [2.05, 4.69) is 32.3 Å². The van der Waals surface area contributed by atoms with Crippen LogP contribution in [0.1, 0.15) is 51.3 Å². The van der Waals surface area contributed by atoms with Gasteiger partial charge in [0, 0.05) is 24.1 Å². The molecule has 8 heteroatoms. The molecule has 2 aromatic rings. The lowest BCUT2D eigenvalue weighted by Gasteiger charge is -2.26. The van der Waals surface area contributed by atoms with Gasteiger partial charge in [0.15, 0.2) is 10.6 Å². The number of unbranched alkanes of at least 4 members (excludes halogenated alkanes) is 5. The lowest BCUT2D eigenvalue weighted by Crippen LogP contribution is -2.37. The van der Waals surface area contributed by atoms with E-state index in [1.165, 1.54) is 32.1 Å². The van der Waals surface area contributed by atoms with Crippen molar-refractivity contribution in [1.82, 2.24) is 19.2 Å². The zero-order valence-electron chi connectivity index (χ0n) is 17.9. The van der Waals surface area contributed by atoms with E-state index < -0.39 is 0 Å². The molecule has 1 aromatic carbocycles. The minimum atomic E-state index is 0.414. The van der Waals surface area contributed by atoms with E-state index in [1.54, 1.807) is 0 Å². The van der Waals surface area contributed by atoms with E-state index in [-0.39, 0.29) is 0 Å². The monoisotopic (exact) mass is 496 g/mol. The highest BCUT2D eigenvalue weighted by Gasteiger charge is 2.16. The molecule has 1 saturated heterocycles. The molecule has 0 radical (unpaired) electrons. The summed E-state index contributed by atoms with van der Waals surface area (Å²) in [5.74, 6) is 1.72. The fourth-order valence-corrected chi connectivity index (χ4v) is 4.13. The predicted molar refractivity (Wildman–Crippen MR) is 125 cm³/mol. The quantitative estimate of drug-likeness (QED) is 0.290. The standard InChI is InChI=1S/C22H33BrN4O2S/c1-2-3-4-5-6-7-12-26-21(17-29-20-10-8-19(23)9-11-20)24-27(22(26)30)18-25-13-15-28-16-14-25/h8-11H,2-7,12-18H2,1H3. The van der Waals surface area contributed by atoms with Crippen LogP contribution in [0, 0.1) is 4.77 Å². The second-order valence-corrected chi connectivity index (χ2v) is 9.01. The molecule has 0 spiro atoms. The Morgan fingerprint density at radius 3 is 2.50 bits per heavy atom. The van der Waals surface area contributed by atoms with Gasteiger partial charge in [-0.25, -0.2) is 4.68 Å². The van der Waals surface area contributed by atoms with Gasteiger partial charge in [-0.2, -0.15) is 5.10 Å². The Hall–Kier alpha value is -1.22. The maximum Gasteiger partial charge on any atom is 0.199 e. The summed E-state index contributed by atoms with van der Waals surface area (Å²) in [5.41, 5.74) is 0. The van der Waals surface area contributed by atoms with Crippen LogP contribution in [0.15, 0.2) is 28.7 Å². The van der Waals surface area contributed by atoms with E-state index in [9.17, 15) is 0 Å². The lowest BCUT2D eigenvalue weighted by molar-refractivity contribution is 0.0208. The second kappa shape index (κ2) is 12.6. The van der Waals surface area contributed by atoms with Crippen LogP contribution in [-0.2, 0) is 24.6 Å². The molecule has 1 aliphatic heterocycles. The molecule has 0 N–H and O–H groups in total. The number of aromatic nitrogens is 3. The Balaban J connectivity index is 1.66. The van der Waals surface area contributed by atoms with Gasteiger partial charge >= 0.3 is 0 Å². The van der Waals surface area contributed by atoms with Crippen molar-refractivity contribution in [3.05, 3.63) is 39.3 Å². The first-order valence-corrected chi connectivity index (χ1v) is 12.2. The highest BCUT2D eigenvalue weighted by molar-refractivity contribution is 9.10. The Labute approximate surface area is 193 Å². The van der Waals surface area contributed by atoms with Gasteiger partial charge in [-0.1, -0.05) is 55.0 Å². The smallest absolute Gasteiger partial charge is 0.199 e. The van der Waals surface area contributed by atoms with Gasteiger partial charge < -0.3 is 14.0 Å². The topological polar surface area (TPSA) is 44.5 Å². The number of nitrogens with zero attached hydrogens (tertiary/aromatic N) is 4. The summed E-state index contributed by atoms with van der Waals surface area (Å²) in [4.78, 5) is 2.33. The van der Waals surface area contributed by atoms with Crippen molar-refractivity contribution < 1.29 is 9.47 Å². The van der Waals surface area contributed by atoms with E-state index in [1.807, 2.05) is 28.9 Å². The number of morpholine rings is 1. The van der Waals surface area contributed by atoms with Crippen molar-refractivity contribution in [3.8, 4) is 5.75 Å². The van der Waals surface area contributed by atoms with Gasteiger partial charge in [0.2, 0.25) is 0 Å². The molecule has 1 aromatic heterocycles. The fraction of sp³-hybridized carbons (Fsp3) is 0.636. The second-order valence-electron chi connectivity index (χ2n) is 7.73. The highest BCUT2D eigenvalue weighted by atomic mass is 79.9. The molecule has 1 fully saturated rings. The molecule has 0 unspecified atom stereocenters. The first-order chi connectivity index (χ1) is 14.7. The average molecular weight is 498 g/mol. The summed E-state index contributed by atoms with van der Waals surface area (Å²) in [6, 6.07) is 7.88. The molecule has 2 heterocycles. The normalized spacial score (nSPS) is 14.9.